The number of aryl methyl sites for hydroxylation is 1. The van der Waals surface area contributed by atoms with E-state index in [1.165, 1.54) is 16.7 Å². The van der Waals surface area contributed by atoms with Crippen LogP contribution in [0.25, 0.3) is 0 Å². The Kier molecular flexibility index (Phi) is 6.65. The van der Waals surface area contributed by atoms with Crippen molar-refractivity contribution in [2.24, 2.45) is 17.3 Å². The van der Waals surface area contributed by atoms with Gasteiger partial charge in [-0.25, -0.2) is 0 Å². The molecular weight excluding hydrogens is 434 g/mol. The fourth-order valence-electron chi connectivity index (χ4n) is 7.88. The van der Waals surface area contributed by atoms with Gasteiger partial charge in [0, 0.05) is 6.54 Å². The summed E-state index contributed by atoms with van der Waals surface area (Å²) in [5.74, 6) is 3.19. The minimum absolute atomic E-state index is 0.0772. The van der Waals surface area contributed by atoms with Gasteiger partial charge >= 0.3 is 0 Å². The first-order valence-electron chi connectivity index (χ1n) is 13.8. The molecule has 2 saturated carbocycles. The summed E-state index contributed by atoms with van der Waals surface area (Å²) in [5, 5.41) is 21.6. The molecule has 0 radical (unpaired) electrons. The number of ether oxygens (including phenoxy) is 1. The predicted molar refractivity (Wildman–Crippen MR) is 141 cm³/mol. The van der Waals surface area contributed by atoms with Crippen LogP contribution in [0.2, 0.25) is 0 Å². The van der Waals surface area contributed by atoms with E-state index in [0.717, 1.165) is 57.5 Å². The van der Waals surface area contributed by atoms with Crippen molar-refractivity contribution < 1.29 is 14.9 Å². The summed E-state index contributed by atoms with van der Waals surface area (Å²) in [4.78, 5) is 2.37. The number of hydrogen-bond donors (Lipinski definition) is 2. The van der Waals surface area contributed by atoms with E-state index in [0.29, 0.717) is 36.0 Å². The molecule has 3 aliphatic carbocycles. The van der Waals surface area contributed by atoms with Crippen LogP contribution in [-0.4, -0.2) is 47.0 Å². The first kappa shape index (κ1) is 24.6. The third-order valence-electron chi connectivity index (χ3n) is 10.2. The fraction of sp³-hybridized carbons (Fsp3) is 0.613. The molecule has 190 valence electrons. The highest BCUT2D eigenvalue weighted by Gasteiger charge is 2.62. The lowest BCUT2D eigenvalue weighted by atomic mass is 9.49. The quantitative estimate of drug-likeness (QED) is 0.505. The molecule has 6 unspecified atom stereocenters. The van der Waals surface area contributed by atoms with Crippen molar-refractivity contribution in [3.8, 4) is 11.5 Å². The number of fused-ring (bicyclic) bond motifs is 5. The third kappa shape index (κ3) is 4.27. The van der Waals surface area contributed by atoms with Crippen LogP contribution < -0.4 is 4.74 Å². The van der Waals surface area contributed by atoms with Gasteiger partial charge in [0.05, 0.1) is 5.60 Å². The molecule has 2 fully saturated rings. The van der Waals surface area contributed by atoms with E-state index in [-0.39, 0.29) is 5.41 Å². The number of aliphatic hydroxyl groups is 1. The van der Waals surface area contributed by atoms with Crippen LogP contribution in [0.5, 0.6) is 11.5 Å². The van der Waals surface area contributed by atoms with Crippen LogP contribution in [0.1, 0.15) is 81.9 Å². The standard InChI is InChI=1S/C31H43NO3/c1-5-32(6-2)17-18-35-24-11-7-21(8-12-24)27-20-30(3)28(15-16-31(30,4)34)26-13-9-22-19-23(33)10-14-25(22)29(26)27/h7-8,10-12,14,19,26-29,33-34H,5-6,9,13,15-18,20H2,1-4H3. The minimum atomic E-state index is -0.621. The van der Waals surface area contributed by atoms with Crippen molar-refractivity contribution >= 4 is 0 Å². The van der Waals surface area contributed by atoms with Gasteiger partial charge in [-0.2, -0.15) is 0 Å². The SMILES string of the molecule is CCN(CC)CCOc1ccc(C2CC3(C)C(CCC3(C)O)C3CCc4cc(O)ccc4C23)cc1. The Bertz CT molecular complexity index is 1030. The first-order valence-corrected chi connectivity index (χ1v) is 13.8. The molecule has 2 aromatic rings. The highest BCUT2D eigenvalue weighted by molar-refractivity contribution is 5.44. The number of aromatic hydroxyl groups is 1. The van der Waals surface area contributed by atoms with Gasteiger partial charge in [0.1, 0.15) is 18.1 Å². The average molecular weight is 478 g/mol. The van der Waals surface area contributed by atoms with Crippen LogP contribution in [0.3, 0.4) is 0 Å². The molecule has 0 saturated heterocycles. The zero-order valence-corrected chi connectivity index (χ0v) is 22.0. The van der Waals surface area contributed by atoms with Crippen molar-refractivity contribution in [3.05, 3.63) is 59.2 Å². The molecule has 5 rings (SSSR count). The molecule has 35 heavy (non-hydrogen) atoms. The molecule has 6 atom stereocenters. The summed E-state index contributed by atoms with van der Waals surface area (Å²) in [7, 11) is 0. The second kappa shape index (κ2) is 9.44. The van der Waals surface area contributed by atoms with Crippen molar-refractivity contribution in [3.63, 3.8) is 0 Å². The molecule has 0 aromatic heterocycles. The molecule has 4 nitrogen and oxygen atoms in total. The Balaban J connectivity index is 1.45. The average Bonchev–Trinajstić information content (AvgIpc) is 3.10. The summed E-state index contributed by atoms with van der Waals surface area (Å²) in [5.41, 5.74) is 3.37. The number of nitrogens with zero attached hydrogens (tertiary/aromatic N) is 1. The van der Waals surface area contributed by atoms with Gasteiger partial charge in [0.25, 0.3) is 0 Å². The van der Waals surface area contributed by atoms with E-state index < -0.39 is 5.60 Å². The maximum atomic E-state index is 11.5. The Morgan fingerprint density at radius 2 is 1.77 bits per heavy atom. The van der Waals surface area contributed by atoms with Gasteiger partial charge in [-0.15, -0.1) is 0 Å². The zero-order valence-electron chi connectivity index (χ0n) is 22.0. The summed E-state index contributed by atoms with van der Waals surface area (Å²) >= 11 is 0. The maximum absolute atomic E-state index is 11.5. The number of rotatable bonds is 7. The molecule has 0 spiro atoms. The summed E-state index contributed by atoms with van der Waals surface area (Å²) < 4.78 is 6.07. The van der Waals surface area contributed by atoms with Gasteiger partial charge in [-0.3, -0.25) is 0 Å². The normalized spacial score (nSPS) is 33.8. The highest BCUT2D eigenvalue weighted by atomic mass is 16.5. The molecule has 0 bridgehead atoms. The van der Waals surface area contributed by atoms with Crippen molar-refractivity contribution in [2.75, 3.05) is 26.2 Å². The summed E-state index contributed by atoms with van der Waals surface area (Å²) in [6.45, 7) is 12.5. The van der Waals surface area contributed by atoms with Crippen LogP contribution >= 0.6 is 0 Å². The lowest BCUT2D eigenvalue weighted by molar-refractivity contribution is -0.0963. The van der Waals surface area contributed by atoms with Crippen LogP contribution in [0.15, 0.2) is 42.5 Å². The molecule has 0 aliphatic heterocycles. The van der Waals surface area contributed by atoms with E-state index in [9.17, 15) is 10.2 Å². The van der Waals surface area contributed by atoms with Crippen LogP contribution in [-0.2, 0) is 6.42 Å². The highest BCUT2D eigenvalue weighted by Crippen LogP contribution is 2.67. The monoisotopic (exact) mass is 477 g/mol. The molecule has 4 heteroatoms. The Morgan fingerprint density at radius 3 is 2.49 bits per heavy atom. The maximum Gasteiger partial charge on any atom is 0.119 e. The second-order valence-electron chi connectivity index (χ2n) is 11.7. The summed E-state index contributed by atoms with van der Waals surface area (Å²) in [6.07, 6.45) is 5.16. The number of phenols is 1. The van der Waals surface area contributed by atoms with Gasteiger partial charge in [0.15, 0.2) is 0 Å². The largest absolute Gasteiger partial charge is 0.508 e. The van der Waals surface area contributed by atoms with Gasteiger partial charge in [0.2, 0.25) is 0 Å². The van der Waals surface area contributed by atoms with Crippen LogP contribution in [0.4, 0.5) is 0 Å². The zero-order chi connectivity index (χ0) is 24.8. The van der Waals surface area contributed by atoms with Gasteiger partial charge < -0.3 is 19.8 Å². The lowest BCUT2D eigenvalue weighted by Crippen LogP contribution is -2.51. The first-order chi connectivity index (χ1) is 16.8. The Morgan fingerprint density at radius 1 is 1.03 bits per heavy atom. The Labute approximate surface area is 211 Å². The predicted octanol–water partition coefficient (Wildman–Crippen LogP) is 6.11. The van der Waals surface area contributed by atoms with Crippen molar-refractivity contribution in [1.82, 2.24) is 4.90 Å². The molecule has 3 aliphatic rings. The molecule has 0 amide bonds. The second-order valence-corrected chi connectivity index (χ2v) is 11.7. The third-order valence-corrected chi connectivity index (χ3v) is 10.2. The minimum Gasteiger partial charge on any atom is -0.508 e. The fourth-order valence-corrected chi connectivity index (χ4v) is 7.88. The van der Waals surface area contributed by atoms with Gasteiger partial charge in [-0.05, 0) is 122 Å². The van der Waals surface area contributed by atoms with E-state index >= 15 is 0 Å². The topological polar surface area (TPSA) is 52.9 Å². The van der Waals surface area contributed by atoms with E-state index in [2.05, 4.69) is 62.9 Å². The number of benzene rings is 2. The number of phenolic OH excluding ortho intramolecular Hbond substituents is 1. The van der Waals surface area contributed by atoms with E-state index in [4.69, 9.17) is 4.74 Å². The smallest absolute Gasteiger partial charge is 0.119 e. The van der Waals surface area contributed by atoms with Crippen molar-refractivity contribution in [2.45, 2.75) is 77.2 Å². The number of hydrogen-bond acceptors (Lipinski definition) is 4. The van der Waals surface area contributed by atoms with Crippen LogP contribution in [0, 0.1) is 17.3 Å². The molecule has 0 heterocycles. The number of likely N-dealkylation sites (N-methyl/N-ethyl adjacent to an activating group) is 1. The Hall–Kier alpha value is -2.04. The van der Waals surface area contributed by atoms with Gasteiger partial charge in [-0.1, -0.05) is 39.0 Å². The molecular formula is C31H43NO3. The van der Waals surface area contributed by atoms with E-state index in [1.807, 2.05) is 12.1 Å². The lowest BCUT2D eigenvalue weighted by Gasteiger charge is -2.56. The van der Waals surface area contributed by atoms with E-state index in [1.54, 1.807) is 0 Å². The molecule has 2 aromatic carbocycles. The molecule has 2 N–H and O–H groups in total. The van der Waals surface area contributed by atoms with Crippen molar-refractivity contribution in [1.29, 1.82) is 0 Å². The summed E-state index contributed by atoms with van der Waals surface area (Å²) in [6, 6.07) is 14.8.